The number of nitrogens with one attached hydrogen (secondary N) is 1. The quantitative estimate of drug-likeness (QED) is 0.872. The van der Waals surface area contributed by atoms with E-state index in [1.807, 2.05) is 32.0 Å². The number of nitrogens with zero attached hydrogens (tertiary/aromatic N) is 1. The SMILES string of the molecule is COc1ccc2c(c1)OC[C@H](CNC(=O)CCc1c(C)noc1C)C2. The lowest BCUT2D eigenvalue weighted by Crippen LogP contribution is -2.34. The number of carbonyl (C=O) groups excluding carboxylic acids is 1. The van der Waals surface area contributed by atoms with Crippen LogP contribution in [0.4, 0.5) is 0 Å². The van der Waals surface area contributed by atoms with E-state index in [9.17, 15) is 4.79 Å². The van der Waals surface area contributed by atoms with Crippen molar-refractivity contribution in [3.05, 3.63) is 40.8 Å². The van der Waals surface area contributed by atoms with Crippen LogP contribution in [0.25, 0.3) is 0 Å². The zero-order valence-corrected chi connectivity index (χ0v) is 14.9. The van der Waals surface area contributed by atoms with E-state index in [0.29, 0.717) is 26.0 Å². The van der Waals surface area contributed by atoms with Crippen LogP contribution in [0.5, 0.6) is 11.5 Å². The van der Waals surface area contributed by atoms with Gasteiger partial charge in [0.15, 0.2) is 0 Å². The van der Waals surface area contributed by atoms with Crippen molar-refractivity contribution in [2.45, 2.75) is 33.1 Å². The summed E-state index contributed by atoms with van der Waals surface area (Å²) >= 11 is 0. The van der Waals surface area contributed by atoms with Gasteiger partial charge in [0.1, 0.15) is 17.3 Å². The summed E-state index contributed by atoms with van der Waals surface area (Å²) in [5.74, 6) is 2.78. The standard InChI is InChI=1S/C19H24N2O4/c1-12-17(13(2)25-21-12)6-7-19(22)20-10-14-8-15-4-5-16(23-3)9-18(15)24-11-14/h4-5,9,14H,6-8,10-11H2,1-3H3,(H,20,22)/t14-/m0/s1. The highest BCUT2D eigenvalue weighted by molar-refractivity contribution is 5.76. The third-order valence-corrected chi connectivity index (χ3v) is 4.63. The van der Waals surface area contributed by atoms with E-state index in [-0.39, 0.29) is 11.8 Å². The van der Waals surface area contributed by atoms with E-state index in [0.717, 1.165) is 40.5 Å². The largest absolute Gasteiger partial charge is 0.497 e. The Hall–Kier alpha value is -2.50. The third-order valence-electron chi connectivity index (χ3n) is 4.63. The Morgan fingerprint density at radius 2 is 2.24 bits per heavy atom. The second-order valence-corrected chi connectivity index (χ2v) is 6.46. The molecular weight excluding hydrogens is 320 g/mol. The lowest BCUT2D eigenvalue weighted by Gasteiger charge is -2.25. The van der Waals surface area contributed by atoms with Crippen LogP contribution >= 0.6 is 0 Å². The van der Waals surface area contributed by atoms with Gasteiger partial charge in [-0.1, -0.05) is 11.2 Å². The number of methoxy groups -OCH3 is 1. The number of ether oxygens (including phenoxy) is 2. The van der Waals surface area contributed by atoms with Crippen molar-refractivity contribution >= 4 is 5.91 Å². The van der Waals surface area contributed by atoms with Crippen molar-refractivity contribution in [1.29, 1.82) is 0 Å². The molecule has 1 aromatic carbocycles. The van der Waals surface area contributed by atoms with E-state index in [2.05, 4.69) is 10.5 Å². The van der Waals surface area contributed by atoms with Gasteiger partial charge in [0.2, 0.25) is 5.91 Å². The fourth-order valence-corrected chi connectivity index (χ4v) is 3.12. The number of carbonyl (C=O) groups is 1. The van der Waals surface area contributed by atoms with Gasteiger partial charge in [0.05, 0.1) is 19.4 Å². The van der Waals surface area contributed by atoms with Crippen LogP contribution in [-0.2, 0) is 17.6 Å². The first-order valence-electron chi connectivity index (χ1n) is 8.55. The molecule has 6 nitrogen and oxygen atoms in total. The number of benzene rings is 1. The van der Waals surface area contributed by atoms with E-state index < -0.39 is 0 Å². The first kappa shape index (κ1) is 17.3. The van der Waals surface area contributed by atoms with E-state index in [1.54, 1.807) is 7.11 Å². The second-order valence-electron chi connectivity index (χ2n) is 6.46. The van der Waals surface area contributed by atoms with E-state index in [1.165, 1.54) is 0 Å². The van der Waals surface area contributed by atoms with Crippen molar-refractivity contribution < 1.29 is 18.8 Å². The Balaban J connectivity index is 1.46. The summed E-state index contributed by atoms with van der Waals surface area (Å²) in [6.45, 7) is 4.99. The van der Waals surface area contributed by atoms with Crippen LogP contribution in [-0.4, -0.2) is 31.3 Å². The molecule has 0 aliphatic carbocycles. The van der Waals surface area contributed by atoms with Crippen molar-refractivity contribution in [3.8, 4) is 11.5 Å². The molecule has 134 valence electrons. The predicted octanol–water partition coefficient (Wildman–Crippen LogP) is 2.60. The molecule has 2 heterocycles. The van der Waals surface area contributed by atoms with Gasteiger partial charge in [-0.25, -0.2) is 0 Å². The van der Waals surface area contributed by atoms with Crippen LogP contribution in [0.3, 0.4) is 0 Å². The Labute approximate surface area is 147 Å². The minimum absolute atomic E-state index is 0.0422. The highest BCUT2D eigenvalue weighted by Crippen LogP contribution is 2.30. The van der Waals surface area contributed by atoms with Gasteiger partial charge < -0.3 is 19.3 Å². The molecule has 1 aliphatic heterocycles. The van der Waals surface area contributed by atoms with Crippen LogP contribution in [0, 0.1) is 19.8 Å². The maximum absolute atomic E-state index is 12.1. The number of aromatic nitrogens is 1. The van der Waals surface area contributed by atoms with Gasteiger partial charge in [-0.3, -0.25) is 4.79 Å². The van der Waals surface area contributed by atoms with Crippen molar-refractivity contribution in [3.63, 3.8) is 0 Å². The molecule has 1 aromatic heterocycles. The smallest absolute Gasteiger partial charge is 0.220 e. The zero-order valence-electron chi connectivity index (χ0n) is 14.9. The average Bonchev–Trinajstić information content (AvgIpc) is 2.95. The average molecular weight is 344 g/mol. The van der Waals surface area contributed by atoms with Gasteiger partial charge in [0, 0.05) is 30.5 Å². The molecule has 0 spiro atoms. The monoisotopic (exact) mass is 344 g/mol. The highest BCUT2D eigenvalue weighted by Gasteiger charge is 2.21. The molecule has 1 N–H and O–H groups in total. The van der Waals surface area contributed by atoms with Crippen molar-refractivity contribution in [2.24, 2.45) is 5.92 Å². The molecule has 6 heteroatoms. The lowest BCUT2D eigenvalue weighted by molar-refractivity contribution is -0.121. The molecule has 0 unspecified atom stereocenters. The summed E-state index contributed by atoms with van der Waals surface area (Å²) in [5, 5.41) is 6.93. The minimum Gasteiger partial charge on any atom is -0.497 e. The molecule has 0 bridgehead atoms. The normalized spacial score (nSPS) is 16.0. The number of amides is 1. The van der Waals surface area contributed by atoms with Crippen LogP contribution in [0.2, 0.25) is 0 Å². The number of rotatable bonds is 6. The molecule has 1 aliphatic rings. The number of aryl methyl sites for hydroxylation is 2. The topological polar surface area (TPSA) is 73.6 Å². The Morgan fingerprint density at radius 3 is 2.96 bits per heavy atom. The Bertz CT molecular complexity index is 734. The summed E-state index contributed by atoms with van der Waals surface area (Å²) in [7, 11) is 1.64. The van der Waals surface area contributed by atoms with Gasteiger partial charge in [-0.2, -0.15) is 0 Å². The fourth-order valence-electron chi connectivity index (χ4n) is 3.12. The maximum atomic E-state index is 12.1. The lowest BCUT2D eigenvalue weighted by atomic mass is 9.96. The highest BCUT2D eigenvalue weighted by atomic mass is 16.5. The molecule has 0 saturated heterocycles. The summed E-state index contributed by atoms with van der Waals surface area (Å²) in [6.07, 6.45) is 1.98. The van der Waals surface area contributed by atoms with Crippen LogP contribution < -0.4 is 14.8 Å². The van der Waals surface area contributed by atoms with Crippen molar-refractivity contribution in [1.82, 2.24) is 10.5 Å². The molecule has 0 fully saturated rings. The van der Waals surface area contributed by atoms with E-state index in [4.69, 9.17) is 14.0 Å². The van der Waals surface area contributed by atoms with E-state index >= 15 is 0 Å². The molecule has 0 saturated carbocycles. The van der Waals surface area contributed by atoms with Crippen LogP contribution in [0.15, 0.2) is 22.7 Å². The number of hydrogen-bond acceptors (Lipinski definition) is 5. The molecule has 0 radical (unpaired) electrons. The van der Waals surface area contributed by atoms with Gasteiger partial charge in [-0.15, -0.1) is 0 Å². The second kappa shape index (κ2) is 7.59. The van der Waals surface area contributed by atoms with Gasteiger partial charge in [0.25, 0.3) is 0 Å². The van der Waals surface area contributed by atoms with Gasteiger partial charge in [-0.05, 0) is 38.3 Å². The molecule has 3 rings (SSSR count). The molecule has 2 aromatic rings. The minimum atomic E-state index is 0.0422. The third kappa shape index (κ3) is 4.13. The first-order valence-corrected chi connectivity index (χ1v) is 8.55. The summed E-state index contributed by atoms with van der Waals surface area (Å²) in [4.78, 5) is 12.1. The molecule has 1 atom stereocenters. The summed E-state index contributed by atoms with van der Waals surface area (Å²) in [5.41, 5.74) is 3.04. The van der Waals surface area contributed by atoms with Crippen LogP contribution in [0.1, 0.15) is 29.0 Å². The number of hydrogen-bond donors (Lipinski definition) is 1. The number of fused-ring (bicyclic) bond motifs is 1. The molecular formula is C19H24N2O4. The van der Waals surface area contributed by atoms with Crippen molar-refractivity contribution in [2.75, 3.05) is 20.3 Å². The zero-order chi connectivity index (χ0) is 17.8. The predicted molar refractivity (Wildman–Crippen MR) is 93.0 cm³/mol. The summed E-state index contributed by atoms with van der Waals surface area (Å²) < 4.78 is 16.1. The molecule has 25 heavy (non-hydrogen) atoms. The van der Waals surface area contributed by atoms with Gasteiger partial charge >= 0.3 is 0 Å². The first-order chi connectivity index (χ1) is 12.1. The summed E-state index contributed by atoms with van der Waals surface area (Å²) in [6, 6.07) is 5.88. The maximum Gasteiger partial charge on any atom is 0.220 e. The Morgan fingerprint density at radius 1 is 1.40 bits per heavy atom. The Kier molecular flexibility index (Phi) is 5.26. The molecule has 1 amide bonds. The fraction of sp³-hybridized carbons (Fsp3) is 0.474.